The fourth-order valence-corrected chi connectivity index (χ4v) is 1.43. The number of carbonyl (C=O) groups excluding carboxylic acids is 1. The van der Waals surface area contributed by atoms with Gasteiger partial charge in [0.1, 0.15) is 5.60 Å². The van der Waals surface area contributed by atoms with Crippen LogP contribution in [-0.2, 0) is 11.3 Å². The summed E-state index contributed by atoms with van der Waals surface area (Å²) in [5, 5.41) is 2.61. The van der Waals surface area contributed by atoms with E-state index in [2.05, 4.69) is 5.32 Å². The van der Waals surface area contributed by atoms with Gasteiger partial charge in [0.05, 0.1) is 0 Å². The summed E-state index contributed by atoms with van der Waals surface area (Å²) in [6.07, 6.45) is 1.23. The lowest BCUT2D eigenvalue weighted by Crippen LogP contribution is -2.35. The van der Waals surface area contributed by atoms with Gasteiger partial charge in [-0.15, -0.1) is 0 Å². The lowest BCUT2D eigenvalue weighted by Gasteiger charge is -2.19. The second kappa shape index (κ2) is 5.71. The Morgan fingerprint density at radius 1 is 1.44 bits per heavy atom. The summed E-state index contributed by atoms with van der Waals surface area (Å²) in [7, 11) is 0. The molecule has 0 bridgehead atoms. The molecular formula is C13H20N2O3. The zero-order chi connectivity index (χ0) is 13.8. The number of nitrogens with one attached hydrogen (secondary N) is 1. The highest BCUT2D eigenvalue weighted by Gasteiger charge is 2.15. The van der Waals surface area contributed by atoms with Crippen molar-refractivity contribution >= 4 is 6.09 Å². The Bertz CT molecular complexity index is 472. The highest BCUT2D eigenvalue weighted by atomic mass is 16.6. The Morgan fingerprint density at radius 2 is 2.11 bits per heavy atom. The predicted octanol–water partition coefficient (Wildman–Crippen LogP) is 1.68. The van der Waals surface area contributed by atoms with Crippen molar-refractivity contribution < 1.29 is 9.53 Å². The second-order valence-corrected chi connectivity index (χ2v) is 5.12. The van der Waals surface area contributed by atoms with Gasteiger partial charge >= 0.3 is 6.09 Å². The van der Waals surface area contributed by atoms with Crippen LogP contribution in [0.4, 0.5) is 4.79 Å². The Morgan fingerprint density at radius 3 is 2.72 bits per heavy atom. The third kappa shape index (κ3) is 4.61. The molecule has 1 N–H and O–H groups in total. The van der Waals surface area contributed by atoms with Gasteiger partial charge in [0, 0.05) is 24.8 Å². The standard InChI is InChI=1S/C13H20N2O3/c1-10-6-5-8-15(11(10)16)9-7-14-12(17)18-13(2,3)4/h5-6,8H,7,9H2,1-4H3,(H,14,17). The molecule has 0 aliphatic heterocycles. The quantitative estimate of drug-likeness (QED) is 0.890. The number of nitrogens with zero attached hydrogens (tertiary/aromatic N) is 1. The molecular weight excluding hydrogens is 232 g/mol. The van der Waals surface area contributed by atoms with Crippen molar-refractivity contribution in [2.75, 3.05) is 6.54 Å². The molecule has 1 amide bonds. The van der Waals surface area contributed by atoms with Crippen LogP contribution in [0.25, 0.3) is 0 Å². The van der Waals surface area contributed by atoms with Gasteiger partial charge in [-0.1, -0.05) is 6.07 Å². The van der Waals surface area contributed by atoms with Gasteiger partial charge in [-0.25, -0.2) is 4.79 Å². The normalized spacial score (nSPS) is 11.1. The Balaban J connectivity index is 2.45. The lowest BCUT2D eigenvalue weighted by atomic mass is 10.2. The molecule has 1 aromatic heterocycles. The average Bonchev–Trinajstić information content (AvgIpc) is 2.21. The summed E-state index contributed by atoms with van der Waals surface area (Å²) >= 11 is 0. The number of rotatable bonds is 3. The molecule has 0 atom stereocenters. The fraction of sp³-hybridized carbons (Fsp3) is 0.538. The number of alkyl carbamates (subject to hydrolysis) is 1. The van der Waals surface area contributed by atoms with Crippen LogP contribution >= 0.6 is 0 Å². The molecule has 0 aromatic carbocycles. The number of aryl methyl sites for hydroxylation is 1. The van der Waals surface area contributed by atoms with Crippen LogP contribution in [0.2, 0.25) is 0 Å². The maximum Gasteiger partial charge on any atom is 0.407 e. The van der Waals surface area contributed by atoms with Crippen LogP contribution in [0.1, 0.15) is 26.3 Å². The van der Waals surface area contributed by atoms with Crippen molar-refractivity contribution in [3.63, 3.8) is 0 Å². The zero-order valence-corrected chi connectivity index (χ0v) is 11.3. The van der Waals surface area contributed by atoms with E-state index < -0.39 is 11.7 Å². The van der Waals surface area contributed by atoms with E-state index in [4.69, 9.17) is 4.74 Å². The topological polar surface area (TPSA) is 60.3 Å². The second-order valence-electron chi connectivity index (χ2n) is 5.12. The Hall–Kier alpha value is -1.78. The number of amides is 1. The van der Waals surface area contributed by atoms with Gasteiger partial charge in [0.25, 0.3) is 5.56 Å². The summed E-state index contributed by atoms with van der Waals surface area (Å²) in [5.41, 5.74) is 0.141. The lowest BCUT2D eigenvalue weighted by molar-refractivity contribution is 0.0526. The first kappa shape index (κ1) is 14.3. The minimum atomic E-state index is -0.510. The smallest absolute Gasteiger partial charge is 0.407 e. The average molecular weight is 252 g/mol. The summed E-state index contributed by atoms with van der Waals surface area (Å²) in [5.74, 6) is 0. The molecule has 0 unspecified atom stereocenters. The first-order valence-corrected chi connectivity index (χ1v) is 5.92. The van der Waals surface area contributed by atoms with Gasteiger partial charge < -0.3 is 14.6 Å². The first-order valence-electron chi connectivity index (χ1n) is 5.92. The molecule has 18 heavy (non-hydrogen) atoms. The van der Waals surface area contributed by atoms with E-state index in [1.54, 1.807) is 44.5 Å². The summed E-state index contributed by atoms with van der Waals surface area (Å²) < 4.78 is 6.65. The Kier molecular flexibility index (Phi) is 4.53. The van der Waals surface area contributed by atoms with Crippen molar-refractivity contribution in [1.29, 1.82) is 0 Å². The minimum Gasteiger partial charge on any atom is -0.444 e. The molecule has 1 rings (SSSR count). The molecule has 0 aliphatic carbocycles. The molecule has 0 fully saturated rings. The van der Waals surface area contributed by atoms with Crippen molar-refractivity contribution in [2.24, 2.45) is 0 Å². The molecule has 0 spiro atoms. The summed E-state index contributed by atoms with van der Waals surface area (Å²) in [4.78, 5) is 23.1. The SMILES string of the molecule is Cc1cccn(CCNC(=O)OC(C)(C)C)c1=O. The number of pyridine rings is 1. The van der Waals surface area contributed by atoms with Crippen LogP contribution < -0.4 is 10.9 Å². The predicted molar refractivity (Wildman–Crippen MR) is 69.7 cm³/mol. The van der Waals surface area contributed by atoms with Crippen molar-refractivity contribution in [1.82, 2.24) is 9.88 Å². The number of ether oxygens (including phenoxy) is 1. The van der Waals surface area contributed by atoms with E-state index in [9.17, 15) is 9.59 Å². The van der Waals surface area contributed by atoms with Crippen LogP contribution in [0.15, 0.2) is 23.1 Å². The van der Waals surface area contributed by atoms with Crippen molar-refractivity contribution in [3.05, 3.63) is 34.2 Å². The molecule has 100 valence electrons. The molecule has 1 aromatic rings. The van der Waals surface area contributed by atoms with E-state index in [0.717, 1.165) is 0 Å². The van der Waals surface area contributed by atoms with Crippen LogP contribution in [0.3, 0.4) is 0 Å². The number of aromatic nitrogens is 1. The van der Waals surface area contributed by atoms with Crippen LogP contribution in [0, 0.1) is 6.92 Å². The van der Waals surface area contributed by atoms with Gasteiger partial charge in [-0.3, -0.25) is 4.79 Å². The minimum absolute atomic E-state index is 0.0384. The molecule has 1 heterocycles. The fourth-order valence-electron chi connectivity index (χ4n) is 1.43. The van der Waals surface area contributed by atoms with Crippen LogP contribution in [0.5, 0.6) is 0 Å². The van der Waals surface area contributed by atoms with Gasteiger partial charge in [-0.2, -0.15) is 0 Å². The van der Waals surface area contributed by atoms with Gasteiger partial charge in [-0.05, 0) is 33.8 Å². The van der Waals surface area contributed by atoms with Crippen LogP contribution in [-0.4, -0.2) is 22.8 Å². The monoisotopic (exact) mass is 252 g/mol. The number of hydrogen-bond acceptors (Lipinski definition) is 3. The van der Waals surface area contributed by atoms with Crippen molar-refractivity contribution in [2.45, 2.75) is 39.8 Å². The van der Waals surface area contributed by atoms with Gasteiger partial charge in [0.2, 0.25) is 0 Å². The molecule has 0 saturated carbocycles. The highest BCUT2D eigenvalue weighted by molar-refractivity contribution is 5.67. The largest absolute Gasteiger partial charge is 0.444 e. The van der Waals surface area contributed by atoms with E-state index in [0.29, 0.717) is 18.7 Å². The van der Waals surface area contributed by atoms with E-state index in [1.807, 2.05) is 6.07 Å². The third-order valence-electron chi connectivity index (χ3n) is 2.23. The number of hydrogen-bond donors (Lipinski definition) is 1. The molecule has 5 heteroatoms. The van der Waals surface area contributed by atoms with Gasteiger partial charge in [0.15, 0.2) is 0 Å². The number of carbonyl (C=O) groups is 1. The Labute approximate surface area is 107 Å². The highest BCUT2D eigenvalue weighted by Crippen LogP contribution is 2.06. The maximum absolute atomic E-state index is 11.7. The van der Waals surface area contributed by atoms with E-state index >= 15 is 0 Å². The summed E-state index contributed by atoms with van der Waals surface area (Å²) in [6.45, 7) is 7.96. The molecule has 0 saturated heterocycles. The third-order valence-corrected chi connectivity index (χ3v) is 2.23. The molecule has 0 aliphatic rings. The molecule has 5 nitrogen and oxygen atoms in total. The van der Waals surface area contributed by atoms with E-state index in [-0.39, 0.29) is 5.56 Å². The van der Waals surface area contributed by atoms with Crippen molar-refractivity contribution in [3.8, 4) is 0 Å². The first-order chi connectivity index (χ1) is 8.29. The zero-order valence-electron chi connectivity index (χ0n) is 11.3. The molecule has 0 radical (unpaired) electrons. The maximum atomic E-state index is 11.7. The van der Waals surface area contributed by atoms with E-state index in [1.165, 1.54) is 0 Å². The summed E-state index contributed by atoms with van der Waals surface area (Å²) in [6, 6.07) is 3.57.